The Balaban J connectivity index is 2.54. The van der Waals surface area contributed by atoms with E-state index in [4.69, 9.17) is 9.47 Å². The second-order valence-corrected chi connectivity index (χ2v) is 5.85. The summed E-state index contributed by atoms with van der Waals surface area (Å²) in [5.74, 6) is 0.0172. The van der Waals surface area contributed by atoms with E-state index in [2.05, 4.69) is 5.32 Å². The van der Waals surface area contributed by atoms with Gasteiger partial charge in [0.05, 0.1) is 13.5 Å². The number of benzene rings is 1. The van der Waals surface area contributed by atoms with Crippen LogP contribution in [0.4, 0.5) is 0 Å². The molecule has 1 rings (SSSR count). The zero-order chi connectivity index (χ0) is 16.0. The molecule has 0 aromatic heterocycles. The minimum Gasteiger partial charge on any atom is -0.497 e. The predicted molar refractivity (Wildman–Crippen MR) is 80.1 cm³/mol. The molecule has 1 atom stereocenters. The van der Waals surface area contributed by atoms with E-state index < -0.39 is 17.6 Å². The van der Waals surface area contributed by atoms with Crippen molar-refractivity contribution in [3.8, 4) is 5.75 Å². The van der Waals surface area contributed by atoms with Crippen LogP contribution in [-0.2, 0) is 20.7 Å². The Hall–Kier alpha value is -2.04. The smallest absolute Gasteiger partial charge is 0.328 e. The summed E-state index contributed by atoms with van der Waals surface area (Å²) in [6, 6.07) is 6.57. The number of amides is 1. The molecule has 0 aliphatic carbocycles. The Morgan fingerprint density at radius 1 is 1.29 bits per heavy atom. The third-order valence-electron chi connectivity index (χ3n) is 2.64. The van der Waals surface area contributed by atoms with Crippen LogP contribution in [0.15, 0.2) is 24.3 Å². The molecule has 1 aromatic carbocycles. The van der Waals surface area contributed by atoms with Gasteiger partial charge in [-0.25, -0.2) is 4.79 Å². The Labute approximate surface area is 125 Å². The molecule has 0 aliphatic rings. The lowest BCUT2D eigenvalue weighted by Gasteiger charge is -2.22. The molecule has 5 heteroatoms. The molecular formula is C16H23NO4. The minimum atomic E-state index is -0.678. The number of ether oxygens (including phenoxy) is 2. The largest absolute Gasteiger partial charge is 0.497 e. The van der Waals surface area contributed by atoms with Crippen LogP contribution in [0.2, 0.25) is 0 Å². The van der Waals surface area contributed by atoms with Crippen LogP contribution < -0.4 is 10.1 Å². The molecule has 1 amide bonds. The van der Waals surface area contributed by atoms with E-state index in [1.165, 1.54) is 0 Å². The Morgan fingerprint density at radius 3 is 2.52 bits per heavy atom. The van der Waals surface area contributed by atoms with Gasteiger partial charge in [-0.1, -0.05) is 12.1 Å². The highest BCUT2D eigenvalue weighted by molar-refractivity contribution is 5.85. The minimum absolute atomic E-state index is 0.185. The van der Waals surface area contributed by atoms with Crippen molar-refractivity contribution < 1.29 is 19.1 Å². The van der Waals surface area contributed by atoms with E-state index in [0.717, 1.165) is 5.56 Å². The molecule has 0 saturated carbocycles. The first-order chi connectivity index (χ1) is 9.71. The van der Waals surface area contributed by atoms with Gasteiger partial charge in [0.15, 0.2) is 0 Å². The first kappa shape index (κ1) is 17.0. The van der Waals surface area contributed by atoms with Crippen molar-refractivity contribution >= 4 is 11.9 Å². The van der Waals surface area contributed by atoms with Gasteiger partial charge in [0.25, 0.3) is 0 Å². The van der Waals surface area contributed by atoms with Gasteiger partial charge in [-0.2, -0.15) is 0 Å². The molecule has 0 fully saturated rings. The summed E-state index contributed by atoms with van der Waals surface area (Å²) in [5.41, 5.74) is 0.256. The van der Waals surface area contributed by atoms with Gasteiger partial charge < -0.3 is 14.8 Å². The third kappa shape index (κ3) is 6.29. The van der Waals surface area contributed by atoms with E-state index in [1.807, 2.05) is 18.2 Å². The van der Waals surface area contributed by atoms with E-state index in [9.17, 15) is 9.59 Å². The number of hydrogen-bond acceptors (Lipinski definition) is 4. The molecule has 0 radical (unpaired) electrons. The van der Waals surface area contributed by atoms with Crippen molar-refractivity contribution in [2.75, 3.05) is 7.11 Å². The van der Waals surface area contributed by atoms with Gasteiger partial charge in [0.2, 0.25) is 5.91 Å². The normalized spacial score (nSPS) is 12.4. The van der Waals surface area contributed by atoms with Crippen molar-refractivity contribution in [1.29, 1.82) is 0 Å². The summed E-state index contributed by atoms with van der Waals surface area (Å²) < 4.78 is 10.3. The SMILES string of the molecule is COc1cccc(CC(=O)N[C@H](C)C(=O)OC(C)(C)C)c1. The second-order valence-electron chi connectivity index (χ2n) is 5.85. The molecule has 0 unspecified atom stereocenters. The number of carbonyl (C=O) groups excluding carboxylic acids is 2. The molecule has 0 heterocycles. The quantitative estimate of drug-likeness (QED) is 0.844. The monoisotopic (exact) mass is 293 g/mol. The zero-order valence-electron chi connectivity index (χ0n) is 13.2. The molecule has 0 aliphatic heterocycles. The van der Waals surface area contributed by atoms with E-state index in [0.29, 0.717) is 5.75 Å². The van der Waals surface area contributed by atoms with Gasteiger partial charge in [0.1, 0.15) is 17.4 Å². The maximum Gasteiger partial charge on any atom is 0.328 e. The van der Waals surface area contributed by atoms with Gasteiger partial charge in [-0.3, -0.25) is 4.79 Å². The van der Waals surface area contributed by atoms with Crippen LogP contribution in [0, 0.1) is 0 Å². The Morgan fingerprint density at radius 2 is 1.95 bits per heavy atom. The summed E-state index contributed by atoms with van der Waals surface area (Å²) in [7, 11) is 1.57. The van der Waals surface area contributed by atoms with Crippen LogP contribution in [0.1, 0.15) is 33.3 Å². The molecule has 0 bridgehead atoms. The molecule has 0 spiro atoms. The van der Waals surface area contributed by atoms with Crippen LogP contribution in [0.5, 0.6) is 5.75 Å². The number of rotatable bonds is 5. The highest BCUT2D eigenvalue weighted by Gasteiger charge is 2.22. The van der Waals surface area contributed by atoms with Gasteiger partial charge in [-0.05, 0) is 45.4 Å². The molecule has 1 aromatic rings. The van der Waals surface area contributed by atoms with E-state index in [-0.39, 0.29) is 12.3 Å². The fourth-order valence-corrected chi connectivity index (χ4v) is 1.71. The molecule has 0 saturated heterocycles. The van der Waals surface area contributed by atoms with Crippen LogP contribution >= 0.6 is 0 Å². The van der Waals surface area contributed by atoms with Crippen molar-refractivity contribution in [1.82, 2.24) is 5.32 Å². The number of carbonyl (C=O) groups is 2. The molecule has 116 valence electrons. The van der Waals surface area contributed by atoms with E-state index >= 15 is 0 Å². The average molecular weight is 293 g/mol. The first-order valence-corrected chi connectivity index (χ1v) is 6.86. The summed E-state index contributed by atoms with van der Waals surface area (Å²) >= 11 is 0. The molecular weight excluding hydrogens is 270 g/mol. The maximum atomic E-state index is 11.9. The second kappa shape index (κ2) is 7.11. The van der Waals surface area contributed by atoms with Crippen LogP contribution in [-0.4, -0.2) is 30.6 Å². The topological polar surface area (TPSA) is 64.6 Å². The fraction of sp³-hybridized carbons (Fsp3) is 0.500. The number of nitrogens with one attached hydrogen (secondary N) is 1. The number of hydrogen-bond donors (Lipinski definition) is 1. The van der Waals surface area contributed by atoms with Crippen LogP contribution in [0.3, 0.4) is 0 Å². The maximum absolute atomic E-state index is 11.9. The standard InChI is InChI=1S/C16H23NO4/c1-11(15(19)21-16(2,3)4)17-14(18)10-12-7-6-8-13(9-12)20-5/h6-9,11H,10H2,1-5H3,(H,17,18)/t11-/m1/s1. The summed E-state index contributed by atoms with van der Waals surface area (Å²) in [5, 5.41) is 2.63. The fourth-order valence-electron chi connectivity index (χ4n) is 1.71. The van der Waals surface area contributed by atoms with Gasteiger partial charge in [-0.15, -0.1) is 0 Å². The van der Waals surface area contributed by atoms with Gasteiger partial charge in [0, 0.05) is 0 Å². The molecule has 5 nitrogen and oxygen atoms in total. The lowest BCUT2D eigenvalue weighted by atomic mass is 10.1. The average Bonchev–Trinajstić information content (AvgIpc) is 2.36. The third-order valence-corrected chi connectivity index (χ3v) is 2.64. The number of esters is 1. The van der Waals surface area contributed by atoms with Crippen LogP contribution in [0.25, 0.3) is 0 Å². The first-order valence-electron chi connectivity index (χ1n) is 6.86. The highest BCUT2D eigenvalue weighted by Crippen LogP contribution is 2.13. The molecule has 1 N–H and O–H groups in total. The summed E-state index contributed by atoms with van der Waals surface area (Å²) in [6.45, 7) is 6.97. The number of methoxy groups -OCH3 is 1. The van der Waals surface area contributed by atoms with Crippen molar-refractivity contribution in [3.05, 3.63) is 29.8 Å². The van der Waals surface area contributed by atoms with Crippen molar-refractivity contribution in [2.24, 2.45) is 0 Å². The Bertz CT molecular complexity index is 505. The molecule has 21 heavy (non-hydrogen) atoms. The summed E-state index contributed by atoms with van der Waals surface area (Å²) in [4.78, 5) is 23.7. The lowest BCUT2D eigenvalue weighted by molar-refractivity contribution is -0.158. The summed E-state index contributed by atoms with van der Waals surface area (Å²) in [6.07, 6.45) is 0.185. The zero-order valence-corrected chi connectivity index (χ0v) is 13.2. The van der Waals surface area contributed by atoms with E-state index in [1.54, 1.807) is 40.9 Å². The predicted octanol–water partition coefficient (Wildman–Crippen LogP) is 2.08. The lowest BCUT2D eigenvalue weighted by Crippen LogP contribution is -2.42. The van der Waals surface area contributed by atoms with Crippen molar-refractivity contribution in [2.45, 2.75) is 45.8 Å². The van der Waals surface area contributed by atoms with Gasteiger partial charge >= 0.3 is 5.97 Å². The highest BCUT2D eigenvalue weighted by atomic mass is 16.6. The Kier molecular flexibility index (Phi) is 5.76. The van der Waals surface area contributed by atoms with Crippen molar-refractivity contribution in [3.63, 3.8) is 0 Å².